The van der Waals surface area contributed by atoms with E-state index in [9.17, 15) is 9.59 Å². The Morgan fingerprint density at radius 1 is 1.25 bits per heavy atom. The van der Waals surface area contributed by atoms with Crippen LogP contribution in [-0.2, 0) is 16.0 Å². The van der Waals surface area contributed by atoms with Crippen molar-refractivity contribution in [2.24, 2.45) is 0 Å². The number of carbonyl (C=O) groups excluding carboxylic acids is 2. The van der Waals surface area contributed by atoms with Crippen molar-refractivity contribution >= 4 is 11.7 Å². The molecule has 0 aliphatic carbocycles. The molecule has 0 unspecified atom stereocenters. The minimum Gasteiger partial charge on any atom is -0.342 e. The maximum atomic E-state index is 12.3. The molecule has 20 heavy (non-hydrogen) atoms. The van der Waals surface area contributed by atoms with Gasteiger partial charge in [-0.1, -0.05) is 32.0 Å². The molecular weight excluding hydrogens is 250 g/mol. The minimum absolute atomic E-state index is 0.140. The molecule has 1 aromatic rings. The topological polar surface area (TPSA) is 37.4 Å². The molecule has 1 saturated heterocycles. The molecule has 0 radical (unpaired) electrons. The van der Waals surface area contributed by atoms with Crippen molar-refractivity contribution in [2.45, 2.75) is 46.0 Å². The molecule has 1 aliphatic heterocycles. The maximum absolute atomic E-state index is 12.3. The van der Waals surface area contributed by atoms with E-state index in [0.717, 1.165) is 11.1 Å². The fraction of sp³-hybridized carbons (Fsp3) is 0.529. The van der Waals surface area contributed by atoms with Crippen LogP contribution < -0.4 is 0 Å². The zero-order chi connectivity index (χ0) is 14.7. The zero-order valence-electron chi connectivity index (χ0n) is 12.6. The number of ketones is 1. The van der Waals surface area contributed by atoms with Gasteiger partial charge in [-0.05, 0) is 29.5 Å². The van der Waals surface area contributed by atoms with Crippen LogP contribution in [0.1, 0.15) is 49.3 Å². The Bertz CT molecular complexity index is 510. The van der Waals surface area contributed by atoms with Crippen molar-refractivity contribution in [1.29, 1.82) is 0 Å². The smallest absolute Gasteiger partial charge is 0.227 e. The molecule has 3 heteroatoms. The summed E-state index contributed by atoms with van der Waals surface area (Å²) in [4.78, 5) is 25.4. The number of amides is 1. The molecule has 0 atom stereocenters. The van der Waals surface area contributed by atoms with Gasteiger partial charge in [-0.15, -0.1) is 0 Å². The zero-order valence-corrected chi connectivity index (χ0v) is 12.6. The number of aryl methyl sites for hydroxylation is 1. The number of hydrogen-bond donors (Lipinski definition) is 0. The van der Waals surface area contributed by atoms with E-state index in [1.165, 1.54) is 5.56 Å². The average Bonchev–Trinajstić information content (AvgIpc) is 2.41. The first-order valence-electron chi connectivity index (χ1n) is 7.36. The van der Waals surface area contributed by atoms with Gasteiger partial charge in [0.2, 0.25) is 5.91 Å². The fourth-order valence-electron chi connectivity index (χ4n) is 2.52. The quantitative estimate of drug-likeness (QED) is 0.849. The van der Waals surface area contributed by atoms with E-state index < -0.39 is 0 Å². The molecule has 0 bridgehead atoms. The molecule has 0 N–H and O–H groups in total. The Hall–Kier alpha value is -1.64. The summed E-state index contributed by atoms with van der Waals surface area (Å²) in [6.07, 6.45) is 1.47. The van der Waals surface area contributed by atoms with Gasteiger partial charge in [-0.25, -0.2) is 0 Å². The van der Waals surface area contributed by atoms with Crippen LogP contribution in [0.3, 0.4) is 0 Å². The second-order valence-electron chi connectivity index (χ2n) is 5.94. The monoisotopic (exact) mass is 273 g/mol. The van der Waals surface area contributed by atoms with Gasteiger partial charge in [-0.2, -0.15) is 0 Å². The van der Waals surface area contributed by atoms with Crippen molar-refractivity contribution in [1.82, 2.24) is 4.90 Å². The molecule has 0 aromatic heterocycles. The molecule has 0 saturated carbocycles. The van der Waals surface area contributed by atoms with Crippen LogP contribution in [0.5, 0.6) is 0 Å². The lowest BCUT2D eigenvalue weighted by Crippen LogP contribution is -2.39. The van der Waals surface area contributed by atoms with E-state index in [2.05, 4.69) is 32.0 Å². The summed E-state index contributed by atoms with van der Waals surface area (Å²) in [7, 11) is 0. The maximum Gasteiger partial charge on any atom is 0.227 e. The van der Waals surface area contributed by atoms with Crippen molar-refractivity contribution in [3.05, 3.63) is 34.9 Å². The molecule has 2 rings (SSSR count). The predicted octanol–water partition coefficient (Wildman–Crippen LogP) is 2.85. The standard InChI is InChI=1S/C17H23NO2/c1-12(2)14-5-4-13(3)15(10-14)11-17(20)18-8-6-16(19)7-9-18/h4-5,10,12H,6-9,11H2,1-3H3. The highest BCUT2D eigenvalue weighted by molar-refractivity contribution is 5.84. The Morgan fingerprint density at radius 3 is 2.50 bits per heavy atom. The first-order chi connectivity index (χ1) is 9.47. The number of carbonyl (C=O) groups is 2. The summed E-state index contributed by atoms with van der Waals surface area (Å²) < 4.78 is 0. The Balaban J connectivity index is 2.07. The Kier molecular flexibility index (Phi) is 4.58. The molecular formula is C17H23NO2. The summed E-state index contributed by atoms with van der Waals surface area (Å²) in [6, 6.07) is 6.37. The molecule has 3 nitrogen and oxygen atoms in total. The third-order valence-electron chi connectivity index (χ3n) is 4.06. The number of likely N-dealkylation sites (tertiary alicyclic amines) is 1. The highest BCUT2D eigenvalue weighted by atomic mass is 16.2. The average molecular weight is 273 g/mol. The lowest BCUT2D eigenvalue weighted by molar-refractivity contribution is -0.133. The van der Waals surface area contributed by atoms with Gasteiger partial charge in [0.05, 0.1) is 6.42 Å². The molecule has 1 aromatic carbocycles. The van der Waals surface area contributed by atoms with Crippen LogP contribution in [0.25, 0.3) is 0 Å². The van der Waals surface area contributed by atoms with E-state index in [0.29, 0.717) is 38.3 Å². The van der Waals surface area contributed by atoms with Gasteiger partial charge in [0.1, 0.15) is 5.78 Å². The SMILES string of the molecule is Cc1ccc(C(C)C)cc1CC(=O)N1CCC(=O)CC1. The van der Waals surface area contributed by atoms with E-state index in [1.807, 2.05) is 11.8 Å². The van der Waals surface area contributed by atoms with Gasteiger partial charge >= 0.3 is 0 Å². The number of hydrogen-bond acceptors (Lipinski definition) is 2. The highest BCUT2D eigenvalue weighted by Crippen LogP contribution is 2.20. The summed E-state index contributed by atoms with van der Waals surface area (Å²) in [5, 5.41) is 0. The molecule has 108 valence electrons. The predicted molar refractivity (Wildman–Crippen MR) is 79.8 cm³/mol. The van der Waals surface area contributed by atoms with E-state index in [1.54, 1.807) is 0 Å². The van der Waals surface area contributed by atoms with Crippen molar-refractivity contribution in [3.63, 3.8) is 0 Å². The fourth-order valence-corrected chi connectivity index (χ4v) is 2.52. The first-order valence-corrected chi connectivity index (χ1v) is 7.36. The molecule has 1 aliphatic rings. The molecule has 1 fully saturated rings. The summed E-state index contributed by atoms with van der Waals surface area (Å²) in [6.45, 7) is 7.53. The number of nitrogens with zero attached hydrogens (tertiary/aromatic N) is 1. The van der Waals surface area contributed by atoms with Gasteiger partial charge in [-0.3, -0.25) is 9.59 Å². The summed E-state index contributed by atoms with van der Waals surface area (Å²) in [5.41, 5.74) is 3.54. The first kappa shape index (κ1) is 14.8. The highest BCUT2D eigenvalue weighted by Gasteiger charge is 2.21. The van der Waals surface area contributed by atoms with Crippen molar-refractivity contribution < 1.29 is 9.59 Å². The summed E-state index contributed by atoms with van der Waals surface area (Å²) >= 11 is 0. The van der Waals surface area contributed by atoms with Crippen molar-refractivity contribution in [2.75, 3.05) is 13.1 Å². The number of benzene rings is 1. The molecule has 1 heterocycles. The van der Waals surface area contributed by atoms with E-state index in [-0.39, 0.29) is 11.7 Å². The second-order valence-corrected chi connectivity index (χ2v) is 5.94. The van der Waals surface area contributed by atoms with Crippen molar-refractivity contribution in [3.8, 4) is 0 Å². The van der Waals surface area contributed by atoms with Crippen LogP contribution in [0.15, 0.2) is 18.2 Å². The summed E-state index contributed by atoms with van der Waals surface area (Å²) in [5.74, 6) is 0.880. The molecule has 0 spiro atoms. The third kappa shape index (κ3) is 3.47. The van der Waals surface area contributed by atoms with Crippen LogP contribution in [-0.4, -0.2) is 29.7 Å². The van der Waals surface area contributed by atoms with Gasteiger partial charge in [0, 0.05) is 25.9 Å². The number of rotatable bonds is 3. The van der Waals surface area contributed by atoms with Gasteiger partial charge < -0.3 is 4.90 Å². The minimum atomic E-state index is 0.140. The Labute approximate surface area is 121 Å². The van der Waals surface area contributed by atoms with E-state index in [4.69, 9.17) is 0 Å². The second kappa shape index (κ2) is 6.21. The van der Waals surface area contributed by atoms with Crippen LogP contribution >= 0.6 is 0 Å². The Morgan fingerprint density at radius 2 is 1.90 bits per heavy atom. The number of piperidine rings is 1. The molecule has 1 amide bonds. The van der Waals surface area contributed by atoms with E-state index >= 15 is 0 Å². The number of Topliss-reactive ketones (excluding diaryl/α,β-unsaturated/α-hetero) is 1. The van der Waals surface area contributed by atoms with Crippen LogP contribution in [0.2, 0.25) is 0 Å². The van der Waals surface area contributed by atoms with Crippen LogP contribution in [0.4, 0.5) is 0 Å². The van der Waals surface area contributed by atoms with Crippen LogP contribution in [0, 0.1) is 6.92 Å². The third-order valence-corrected chi connectivity index (χ3v) is 4.06. The normalized spacial score (nSPS) is 15.8. The van der Waals surface area contributed by atoms with Gasteiger partial charge in [0.25, 0.3) is 0 Å². The lowest BCUT2D eigenvalue weighted by atomic mass is 9.96. The van der Waals surface area contributed by atoms with Gasteiger partial charge in [0.15, 0.2) is 0 Å². The lowest BCUT2D eigenvalue weighted by Gasteiger charge is -2.26. The largest absolute Gasteiger partial charge is 0.342 e.